The van der Waals surface area contributed by atoms with Gasteiger partial charge in [-0.05, 0) is 18.8 Å². The highest BCUT2D eigenvalue weighted by atomic mass is 16.5. The number of rotatable bonds is 4. The van der Waals surface area contributed by atoms with Crippen molar-refractivity contribution < 1.29 is 19.4 Å². The minimum atomic E-state index is -0.953. The molecule has 0 saturated heterocycles. The number of methoxy groups -OCH3 is 1. The summed E-state index contributed by atoms with van der Waals surface area (Å²) in [6, 6.07) is 0. The molecule has 1 aliphatic rings. The molecule has 0 bridgehead atoms. The van der Waals surface area contributed by atoms with Crippen molar-refractivity contribution in [3.8, 4) is 0 Å². The largest absolute Gasteiger partial charge is 0.480 e. The predicted molar refractivity (Wildman–Crippen MR) is 58.0 cm³/mol. The van der Waals surface area contributed by atoms with Gasteiger partial charge in [0.25, 0.3) is 0 Å². The molecular formula is C11H19NO4. The summed E-state index contributed by atoms with van der Waals surface area (Å²) in [4.78, 5) is 22.3. The van der Waals surface area contributed by atoms with Crippen LogP contribution in [0.1, 0.15) is 32.6 Å². The first-order chi connectivity index (χ1) is 7.50. The molecule has 5 heteroatoms. The molecule has 0 heterocycles. The molecule has 16 heavy (non-hydrogen) atoms. The smallest absolute Gasteiger partial charge is 0.323 e. The number of hydrogen-bond acceptors (Lipinski definition) is 4. The summed E-state index contributed by atoms with van der Waals surface area (Å²) in [7, 11) is 1.29. The summed E-state index contributed by atoms with van der Waals surface area (Å²) in [5.74, 6) is -0.934. The first-order valence-electron chi connectivity index (χ1n) is 5.55. The molecular weight excluding hydrogens is 210 g/mol. The van der Waals surface area contributed by atoms with Gasteiger partial charge in [-0.1, -0.05) is 19.8 Å². The average molecular weight is 229 g/mol. The Balaban J connectivity index is 2.65. The number of ether oxygens (including phenoxy) is 1. The summed E-state index contributed by atoms with van der Waals surface area (Å²) >= 11 is 0. The lowest BCUT2D eigenvalue weighted by atomic mass is 9.76. The predicted octanol–water partition coefficient (Wildman–Crippen LogP) is 0.782. The van der Waals surface area contributed by atoms with E-state index in [-0.39, 0.29) is 6.54 Å². The van der Waals surface area contributed by atoms with Gasteiger partial charge >= 0.3 is 11.9 Å². The van der Waals surface area contributed by atoms with E-state index in [1.54, 1.807) is 0 Å². The van der Waals surface area contributed by atoms with Crippen LogP contribution in [0.4, 0.5) is 0 Å². The van der Waals surface area contributed by atoms with E-state index in [2.05, 4.69) is 10.1 Å². The molecule has 0 aromatic carbocycles. The summed E-state index contributed by atoms with van der Waals surface area (Å²) in [5.41, 5.74) is -0.953. The van der Waals surface area contributed by atoms with Crippen molar-refractivity contribution in [3.05, 3.63) is 0 Å². The first-order valence-corrected chi connectivity index (χ1v) is 5.55. The molecule has 2 N–H and O–H groups in total. The third-order valence-electron chi connectivity index (χ3n) is 3.21. The van der Waals surface area contributed by atoms with Crippen LogP contribution in [0.2, 0.25) is 0 Å². The number of esters is 1. The van der Waals surface area contributed by atoms with Crippen molar-refractivity contribution in [3.63, 3.8) is 0 Å². The molecule has 0 aromatic heterocycles. The van der Waals surface area contributed by atoms with E-state index in [0.717, 1.165) is 12.8 Å². The van der Waals surface area contributed by atoms with Crippen LogP contribution < -0.4 is 5.32 Å². The molecule has 0 aromatic rings. The number of carboxylic acid groups (broad SMARTS) is 1. The lowest BCUT2D eigenvalue weighted by molar-refractivity contribution is -0.148. The Kier molecular flexibility index (Phi) is 4.29. The van der Waals surface area contributed by atoms with Gasteiger partial charge in [-0.2, -0.15) is 0 Å². The molecule has 92 valence electrons. The maximum Gasteiger partial charge on any atom is 0.323 e. The van der Waals surface area contributed by atoms with Crippen LogP contribution in [0.25, 0.3) is 0 Å². The van der Waals surface area contributed by atoms with Crippen LogP contribution in [0.5, 0.6) is 0 Å². The molecule has 0 amide bonds. The Morgan fingerprint density at radius 3 is 2.75 bits per heavy atom. The van der Waals surface area contributed by atoms with Gasteiger partial charge in [0.05, 0.1) is 13.7 Å². The highest BCUT2D eigenvalue weighted by Crippen LogP contribution is 2.32. The van der Waals surface area contributed by atoms with Gasteiger partial charge in [0.15, 0.2) is 0 Å². The Hall–Kier alpha value is -1.10. The van der Waals surface area contributed by atoms with Crippen molar-refractivity contribution in [2.75, 3.05) is 13.7 Å². The standard InChI is InChI=1S/C11H19NO4/c1-8-4-3-5-11(6-8,10(14)15)12-7-9(13)16-2/h8,12H,3-7H2,1-2H3,(H,14,15). The van der Waals surface area contributed by atoms with Crippen LogP contribution in [0, 0.1) is 5.92 Å². The van der Waals surface area contributed by atoms with E-state index < -0.39 is 17.5 Å². The highest BCUT2D eigenvalue weighted by molar-refractivity contribution is 5.80. The van der Waals surface area contributed by atoms with Crippen LogP contribution in [0.15, 0.2) is 0 Å². The number of carboxylic acids is 1. The van der Waals surface area contributed by atoms with Gasteiger partial charge in [-0.3, -0.25) is 14.9 Å². The number of carbonyl (C=O) groups excluding carboxylic acids is 1. The van der Waals surface area contributed by atoms with Crippen molar-refractivity contribution in [1.29, 1.82) is 0 Å². The minimum absolute atomic E-state index is 0.0461. The monoisotopic (exact) mass is 229 g/mol. The molecule has 1 fully saturated rings. The molecule has 1 aliphatic carbocycles. The number of aliphatic carboxylic acids is 1. The number of hydrogen-bond donors (Lipinski definition) is 2. The topological polar surface area (TPSA) is 75.6 Å². The van der Waals surface area contributed by atoms with E-state index in [9.17, 15) is 14.7 Å². The zero-order valence-corrected chi connectivity index (χ0v) is 9.78. The van der Waals surface area contributed by atoms with Crippen molar-refractivity contribution in [2.24, 2.45) is 5.92 Å². The van der Waals surface area contributed by atoms with Crippen LogP contribution in [0.3, 0.4) is 0 Å². The van der Waals surface area contributed by atoms with Gasteiger partial charge in [-0.15, -0.1) is 0 Å². The van der Waals surface area contributed by atoms with Gasteiger partial charge in [0, 0.05) is 0 Å². The summed E-state index contributed by atoms with van der Waals surface area (Å²) in [5, 5.41) is 12.1. The Morgan fingerprint density at radius 2 is 2.25 bits per heavy atom. The van der Waals surface area contributed by atoms with Crippen LogP contribution >= 0.6 is 0 Å². The molecule has 2 unspecified atom stereocenters. The van der Waals surface area contributed by atoms with Gasteiger partial charge in [0.1, 0.15) is 5.54 Å². The molecule has 0 spiro atoms. The first kappa shape index (κ1) is 13.0. The van der Waals surface area contributed by atoms with Gasteiger partial charge < -0.3 is 9.84 Å². The molecule has 2 atom stereocenters. The Labute approximate surface area is 95.2 Å². The van der Waals surface area contributed by atoms with E-state index in [1.807, 2.05) is 6.92 Å². The minimum Gasteiger partial charge on any atom is -0.480 e. The normalized spacial score (nSPS) is 29.8. The second-order valence-electron chi connectivity index (χ2n) is 4.52. The molecule has 0 radical (unpaired) electrons. The van der Waals surface area contributed by atoms with Crippen molar-refractivity contribution >= 4 is 11.9 Å². The third kappa shape index (κ3) is 2.95. The maximum absolute atomic E-state index is 11.3. The third-order valence-corrected chi connectivity index (χ3v) is 3.21. The van der Waals surface area contributed by atoms with Crippen molar-refractivity contribution in [2.45, 2.75) is 38.1 Å². The zero-order chi connectivity index (χ0) is 12.2. The SMILES string of the molecule is COC(=O)CNC1(C(=O)O)CCCC(C)C1. The van der Waals surface area contributed by atoms with Crippen LogP contribution in [-0.4, -0.2) is 36.2 Å². The second kappa shape index (κ2) is 5.30. The molecule has 0 aliphatic heterocycles. The molecule has 1 rings (SSSR count). The zero-order valence-electron chi connectivity index (χ0n) is 9.78. The second-order valence-corrected chi connectivity index (χ2v) is 4.52. The average Bonchev–Trinajstić information content (AvgIpc) is 2.25. The van der Waals surface area contributed by atoms with Gasteiger partial charge in [-0.25, -0.2) is 0 Å². The van der Waals surface area contributed by atoms with Crippen molar-refractivity contribution in [1.82, 2.24) is 5.32 Å². The van der Waals surface area contributed by atoms with E-state index in [0.29, 0.717) is 18.8 Å². The fourth-order valence-corrected chi connectivity index (χ4v) is 2.30. The summed E-state index contributed by atoms with van der Waals surface area (Å²) in [6.07, 6.45) is 3.07. The Bertz CT molecular complexity index is 279. The van der Waals surface area contributed by atoms with Crippen LogP contribution in [-0.2, 0) is 14.3 Å². The molecule has 5 nitrogen and oxygen atoms in total. The Morgan fingerprint density at radius 1 is 1.56 bits per heavy atom. The lowest BCUT2D eigenvalue weighted by Gasteiger charge is -2.36. The quantitative estimate of drug-likeness (QED) is 0.697. The lowest BCUT2D eigenvalue weighted by Crippen LogP contribution is -2.56. The summed E-state index contributed by atoms with van der Waals surface area (Å²) in [6.45, 7) is 1.99. The fourth-order valence-electron chi connectivity index (χ4n) is 2.30. The number of nitrogens with one attached hydrogen (secondary N) is 1. The van der Waals surface area contributed by atoms with E-state index >= 15 is 0 Å². The number of carbonyl (C=O) groups is 2. The van der Waals surface area contributed by atoms with E-state index in [4.69, 9.17) is 0 Å². The highest BCUT2D eigenvalue weighted by Gasteiger charge is 2.41. The molecule has 1 saturated carbocycles. The maximum atomic E-state index is 11.3. The summed E-state index contributed by atoms with van der Waals surface area (Å²) < 4.78 is 4.50. The van der Waals surface area contributed by atoms with Gasteiger partial charge in [0.2, 0.25) is 0 Å². The van der Waals surface area contributed by atoms with E-state index in [1.165, 1.54) is 7.11 Å². The fraction of sp³-hybridized carbons (Fsp3) is 0.818.